The molecule has 3 N–H and O–H groups in total. The number of hydrazine groups is 1. The van der Waals surface area contributed by atoms with E-state index in [4.69, 9.17) is 0 Å². The van der Waals surface area contributed by atoms with E-state index in [1.165, 1.54) is 24.3 Å². The van der Waals surface area contributed by atoms with Gasteiger partial charge in [0.2, 0.25) is 9.84 Å². The SMILES string of the molecule is Cc1c(S(=O)(=O)c2ccc3[nH]ncc3c2)cc(C(=O)NCC2=CC(F)=CC3=CN(C)NC32C)n1C. The number of amides is 1. The fourth-order valence-corrected chi connectivity index (χ4v) is 6.17. The van der Waals surface area contributed by atoms with Crippen LogP contribution >= 0.6 is 0 Å². The Morgan fingerprint density at radius 3 is 2.77 bits per heavy atom. The number of allylic oxidation sites excluding steroid dienone is 2. The Balaban J connectivity index is 1.41. The number of nitrogens with one attached hydrogen (secondary N) is 3. The zero-order valence-electron chi connectivity index (χ0n) is 19.7. The summed E-state index contributed by atoms with van der Waals surface area (Å²) < 4.78 is 42.6. The van der Waals surface area contributed by atoms with E-state index in [0.717, 1.165) is 11.1 Å². The van der Waals surface area contributed by atoms with Crippen LogP contribution in [0.1, 0.15) is 23.1 Å². The highest BCUT2D eigenvalue weighted by molar-refractivity contribution is 7.91. The van der Waals surface area contributed by atoms with Gasteiger partial charge in [0.25, 0.3) is 5.91 Å². The molecule has 9 nitrogen and oxygen atoms in total. The van der Waals surface area contributed by atoms with E-state index in [-0.39, 0.29) is 22.0 Å². The zero-order chi connectivity index (χ0) is 25.1. The summed E-state index contributed by atoms with van der Waals surface area (Å²) in [6.07, 6.45) is 6.22. The molecule has 0 spiro atoms. The lowest BCUT2D eigenvalue weighted by Gasteiger charge is -2.33. The number of carbonyl (C=O) groups is 1. The molecule has 1 aliphatic heterocycles. The molecule has 5 rings (SSSR count). The van der Waals surface area contributed by atoms with Crippen molar-refractivity contribution < 1.29 is 17.6 Å². The molecule has 2 aliphatic rings. The molecule has 1 amide bonds. The predicted octanol–water partition coefficient (Wildman–Crippen LogP) is 2.66. The first-order valence-corrected chi connectivity index (χ1v) is 12.4. The molecule has 0 radical (unpaired) electrons. The number of carbonyl (C=O) groups excluding carboxylic acids is 1. The summed E-state index contributed by atoms with van der Waals surface area (Å²) in [5, 5.41) is 12.0. The molecule has 182 valence electrons. The highest BCUT2D eigenvalue weighted by atomic mass is 32.2. The minimum atomic E-state index is -3.88. The molecule has 1 aliphatic carbocycles. The molecule has 35 heavy (non-hydrogen) atoms. The molecule has 1 unspecified atom stereocenters. The number of aromatic amines is 1. The molecule has 0 saturated heterocycles. The molecule has 1 aromatic carbocycles. The van der Waals surface area contributed by atoms with Crippen molar-refractivity contribution in [1.29, 1.82) is 0 Å². The first-order chi connectivity index (χ1) is 16.5. The molecule has 3 aromatic rings. The van der Waals surface area contributed by atoms with Crippen LogP contribution in [0.3, 0.4) is 0 Å². The predicted molar refractivity (Wildman–Crippen MR) is 129 cm³/mol. The van der Waals surface area contributed by atoms with Crippen LogP contribution in [0.15, 0.2) is 75.6 Å². The molecule has 0 bridgehead atoms. The van der Waals surface area contributed by atoms with Crippen molar-refractivity contribution >= 4 is 26.6 Å². The molecule has 1 atom stereocenters. The summed E-state index contributed by atoms with van der Waals surface area (Å²) in [4.78, 5) is 13.3. The first-order valence-electron chi connectivity index (χ1n) is 10.9. The summed E-state index contributed by atoms with van der Waals surface area (Å²) >= 11 is 0. The second-order valence-electron chi connectivity index (χ2n) is 8.97. The largest absolute Gasteiger partial charge is 0.347 e. The number of aromatic nitrogens is 3. The molecule has 3 heterocycles. The van der Waals surface area contributed by atoms with E-state index in [1.807, 2.05) is 14.0 Å². The van der Waals surface area contributed by atoms with Crippen molar-refractivity contribution in [1.82, 2.24) is 30.5 Å². The van der Waals surface area contributed by atoms with Gasteiger partial charge in [-0.3, -0.25) is 9.89 Å². The van der Waals surface area contributed by atoms with Gasteiger partial charge in [-0.1, -0.05) is 0 Å². The average Bonchev–Trinajstić information content (AvgIpc) is 3.47. The van der Waals surface area contributed by atoms with Crippen molar-refractivity contribution in [3.8, 4) is 0 Å². The maximum Gasteiger partial charge on any atom is 0.268 e. The van der Waals surface area contributed by atoms with Gasteiger partial charge in [0.15, 0.2) is 0 Å². The lowest BCUT2D eigenvalue weighted by molar-refractivity contribution is 0.0947. The van der Waals surface area contributed by atoms with Gasteiger partial charge in [-0.05, 0) is 61.4 Å². The third-order valence-electron chi connectivity index (χ3n) is 6.73. The Labute approximate surface area is 201 Å². The minimum Gasteiger partial charge on any atom is -0.347 e. The van der Waals surface area contributed by atoms with Crippen LogP contribution in [0.2, 0.25) is 0 Å². The number of fused-ring (bicyclic) bond motifs is 2. The van der Waals surface area contributed by atoms with Crippen molar-refractivity contribution in [2.24, 2.45) is 7.05 Å². The number of halogens is 1. The third kappa shape index (κ3) is 3.67. The van der Waals surface area contributed by atoms with E-state index in [1.54, 1.807) is 48.1 Å². The van der Waals surface area contributed by atoms with E-state index in [9.17, 15) is 17.6 Å². The van der Waals surface area contributed by atoms with Gasteiger partial charge in [-0.25, -0.2) is 18.2 Å². The summed E-state index contributed by atoms with van der Waals surface area (Å²) in [5.41, 5.74) is 5.36. The molecular formula is C24H25FN6O3S. The quantitative estimate of drug-likeness (QED) is 0.501. The molecule has 0 saturated carbocycles. The fraction of sp³-hybridized carbons (Fsp3) is 0.250. The summed E-state index contributed by atoms with van der Waals surface area (Å²) in [7, 11) is -0.422. The lowest BCUT2D eigenvalue weighted by Crippen LogP contribution is -2.49. The number of rotatable bonds is 5. The summed E-state index contributed by atoms with van der Waals surface area (Å²) in [5.74, 6) is -0.855. The van der Waals surface area contributed by atoms with Crippen molar-refractivity contribution in [2.45, 2.75) is 29.2 Å². The number of hydrogen-bond donors (Lipinski definition) is 3. The Morgan fingerprint density at radius 1 is 1.23 bits per heavy atom. The number of hydrogen-bond acceptors (Lipinski definition) is 6. The van der Waals surface area contributed by atoms with Gasteiger partial charge in [0, 0.05) is 37.9 Å². The van der Waals surface area contributed by atoms with E-state index in [2.05, 4.69) is 20.9 Å². The second kappa shape index (κ2) is 7.92. The topological polar surface area (TPSA) is 112 Å². The van der Waals surface area contributed by atoms with Gasteiger partial charge < -0.3 is 14.9 Å². The Hall–Kier alpha value is -3.70. The van der Waals surface area contributed by atoms with Crippen LogP contribution in [0.4, 0.5) is 4.39 Å². The molecular weight excluding hydrogens is 471 g/mol. The minimum absolute atomic E-state index is 0.0510. The maximum atomic E-state index is 14.2. The number of nitrogens with zero attached hydrogens (tertiary/aromatic N) is 3. The van der Waals surface area contributed by atoms with Crippen molar-refractivity contribution in [3.63, 3.8) is 0 Å². The average molecular weight is 497 g/mol. The highest BCUT2D eigenvalue weighted by Gasteiger charge is 2.40. The van der Waals surface area contributed by atoms with Crippen molar-refractivity contribution in [3.05, 3.63) is 77.2 Å². The van der Waals surface area contributed by atoms with Gasteiger partial charge in [-0.2, -0.15) is 5.10 Å². The highest BCUT2D eigenvalue weighted by Crippen LogP contribution is 2.36. The standard InChI is InChI=1S/C24H25FN6O3S/c1-14-22(35(33,34)19-5-6-20-15(7-19)11-27-28-20)10-21(31(14)4)23(32)26-12-16-8-18(25)9-17-13-30(3)29-24(16,17)2/h5-11,13,29H,12H2,1-4H3,(H,26,32)(H,27,28). The summed E-state index contributed by atoms with van der Waals surface area (Å²) in [6.45, 7) is 3.65. The van der Waals surface area contributed by atoms with Crippen LogP contribution < -0.4 is 10.7 Å². The smallest absolute Gasteiger partial charge is 0.268 e. The van der Waals surface area contributed by atoms with Crippen LogP contribution in [0.25, 0.3) is 10.9 Å². The Kier molecular flexibility index (Phi) is 5.22. The van der Waals surface area contributed by atoms with Gasteiger partial charge in [0.05, 0.1) is 27.0 Å². The molecule has 11 heteroatoms. The number of benzene rings is 1. The fourth-order valence-electron chi connectivity index (χ4n) is 4.60. The van der Waals surface area contributed by atoms with Gasteiger partial charge in [0.1, 0.15) is 11.5 Å². The molecule has 2 aromatic heterocycles. The van der Waals surface area contributed by atoms with E-state index in [0.29, 0.717) is 16.7 Å². The Bertz CT molecular complexity index is 1580. The normalized spacial score (nSPS) is 19.9. The molecule has 0 fully saturated rings. The first kappa shape index (κ1) is 23.1. The van der Waals surface area contributed by atoms with Crippen LogP contribution in [-0.2, 0) is 16.9 Å². The number of H-pyrrole nitrogens is 1. The van der Waals surface area contributed by atoms with Gasteiger partial charge in [-0.15, -0.1) is 0 Å². The monoisotopic (exact) mass is 496 g/mol. The van der Waals surface area contributed by atoms with Crippen LogP contribution in [0.5, 0.6) is 0 Å². The second-order valence-corrected chi connectivity index (χ2v) is 10.9. The van der Waals surface area contributed by atoms with Crippen LogP contribution in [0, 0.1) is 6.92 Å². The third-order valence-corrected chi connectivity index (χ3v) is 8.60. The van der Waals surface area contributed by atoms with Crippen molar-refractivity contribution in [2.75, 3.05) is 13.6 Å². The van der Waals surface area contributed by atoms with E-state index < -0.39 is 27.1 Å². The van der Waals surface area contributed by atoms with Gasteiger partial charge >= 0.3 is 0 Å². The van der Waals surface area contributed by atoms with Crippen LogP contribution in [-0.4, -0.2) is 53.2 Å². The van der Waals surface area contributed by atoms with E-state index >= 15 is 0 Å². The Morgan fingerprint density at radius 2 is 2.00 bits per heavy atom. The zero-order valence-corrected chi connectivity index (χ0v) is 20.5. The summed E-state index contributed by atoms with van der Waals surface area (Å²) in [6, 6.07) is 6.10. The maximum absolute atomic E-state index is 14.2. The lowest BCUT2D eigenvalue weighted by atomic mass is 9.82. The number of sulfone groups is 1.